The van der Waals surface area contributed by atoms with Gasteiger partial charge in [-0.1, -0.05) is 25.1 Å². The molecule has 1 aromatic rings. The van der Waals surface area contributed by atoms with Gasteiger partial charge < -0.3 is 4.74 Å². The zero-order valence-electron chi connectivity index (χ0n) is 8.29. The van der Waals surface area contributed by atoms with Crippen LogP contribution in [0.15, 0.2) is 24.3 Å². The molecule has 3 heteroatoms. The van der Waals surface area contributed by atoms with Crippen LogP contribution in [0.2, 0.25) is 0 Å². The van der Waals surface area contributed by atoms with Gasteiger partial charge in [0.15, 0.2) is 0 Å². The lowest BCUT2D eigenvalue weighted by Crippen LogP contribution is -2.06. The summed E-state index contributed by atoms with van der Waals surface area (Å²) in [4.78, 5) is 11.1. The molecule has 0 heterocycles. The lowest BCUT2D eigenvalue weighted by molar-refractivity contribution is -0.140. The molecular formula is C11H13IO2. The van der Waals surface area contributed by atoms with Crippen molar-refractivity contribution in [3.05, 3.63) is 33.4 Å². The summed E-state index contributed by atoms with van der Waals surface area (Å²) in [6, 6.07) is 8.08. The van der Waals surface area contributed by atoms with Gasteiger partial charge in [-0.3, -0.25) is 4.79 Å². The molecule has 2 nitrogen and oxygen atoms in total. The van der Waals surface area contributed by atoms with Crippen LogP contribution in [0.4, 0.5) is 0 Å². The first-order valence-electron chi connectivity index (χ1n) is 4.46. The SMILES string of the molecule is COC(=O)CC(C)c1ccccc1I. The molecule has 14 heavy (non-hydrogen) atoms. The molecule has 0 radical (unpaired) electrons. The number of hydrogen-bond acceptors (Lipinski definition) is 2. The zero-order valence-corrected chi connectivity index (χ0v) is 10.4. The van der Waals surface area contributed by atoms with Crippen LogP contribution >= 0.6 is 22.6 Å². The Bertz CT molecular complexity index is 323. The Labute approximate surface area is 97.8 Å². The van der Waals surface area contributed by atoms with E-state index in [1.54, 1.807) is 0 Å². The van der Waals surface area contributed by atoms with Gasteiger partial charge in [-0.05, 0) is 40.1 Å². The highest BCUT2D eigenvalue weighted by atomic mass is 127. The van der Waals surface area contributed by atoms with Crippen molar-refractivity contribution in [1.29, 1.82) is 0 Å². The number of ether oxygens (including phenoxy) is 1. The van der Waals surface area contributed by atoms with Gasteiger partial charge in [0.25, 0.3) is 0 Å². The molecule has 0 aliphatic carbocycles. The predicted molar refractivity (Wildman–Crippen MR) is 64.2 cm³/mol. The maximum atomic E-state index is 11.1. The van der Waals surface area contributed by atoms with E-state index in [4.69, 9.17) is 0 Å². The van der Waals surface area contributed by atoms with E-state index in [1.165, 1.54) is 16.2 Å². The molecule has 0 saturated heterocycles. The van der Waals surface area contributed by atoms with E-state index in [1.807, 2.05) is 25.1 Å². The maximum Gasteiger partial charge on any atom is 0.306 e. The van der Waals surface area contributed by atoms with Crippen LogP contribution in [0.1, 0.15) is 24.8 Å². The Balaban J connectivity index is 2.74. The van der Waals surface area contributed by atoms with E-state index in [9.17, 15) is 4.79 Å². The van der Waals surface area contributed by atoms with Gasteiger partial charge in [-0.25, -0.2) is 0 Å². The Morgan fingerprint density at radius 3 is 2.71 bits per heavy atom. The number of hydrogen-bond donors (Lipinski definition) is 0. The van der Waals surface area contributed by atoms with E-state index in [0.29, 0.717) is 6.42 Å². The summed E-state index contributed by atoms with van der Waals surface area (Å²) in [7, 11) is 1.42. The highest BCUT2D eigenvalue weighted by molar-refractivity contribution is 14.1. The van der Waals surface area contributed by atoms with Crippen molar-refractivity contribution in [2.24, 2.45) is 0 Å². The molecule has 0 aliphatic rings. The molecule has 0 saturated carbocycles. The van der Waals surface area contributed by atoms with Crippen LogP contribution in [-0.4, -0.2) is 13.1 Å². The largest absolute Gasteiger partial charge is 0.469 e. The van der Waals surface area contributed by atoms with Gasteiger partial charge in [-0.15, -0.1) is 0 Å². The molecular weight excluding hydrogens is 291 g/mol. The van der Waals surface area contributed by atoms with Gasteiger partial charge in [0, 0.05) is 3.57 Å². The molecule has 0 fully saturated rings. The number of benzene rings is 1. The summed E-state index contributed by atoms with van der Waals surface area (Å²) in [6.07, 6.45) is 0.441. The molecule has 1 rings (SSSR count). The molecule has 0 aliphatic heterocycles. The third-order valence-corrected chi connectivity index (χ3v) is 3.12. The maximum absolute atomic E-state index is 11.1. The van der Waals surface area contributed by atoms with Crippen molar-refractivity contribution in [3.8, 4) is 0 Å². The van der Waals surface area contributed by atoms with Crippen LogP contribution in [0.25, 0.3) is 0 Å². The molecule has 76 valence electrons. The van der Waals surface area contributed by atoms with Crippen LogP contribution in [0.5, 0.6) is 0 Å². The second kappa shape index (κ2) is 5.34. The summed E-state index contributed by atoms with van der Waals surface area (Å²) in [5, 5.41) is 0. The number of methoxy groups -OCH3 is 1. The number of rotatable bonds is 3. The third-order valence-electron chi connectivity index (χ3n) is 2.14. The minimum Gasteiger partial charge on any atom is -0.469 e. The Morgan fingerprint density at radius 1 is 1.50 bits per heavy atom. The van der Waals surface area contributed by atoms with Crippen LogP contribution in [0.3, 0.4) is 0 Å². The average Bonchev–Trinajstić information content (AvgIpc) is 2.18. The highest BCUT2D eigenvalue weighted by Crippen LogP contribution is 2.24. The summed E-state index contributed by atoms with van der Waals surface area (Å²) in [6.45, 7) is 2.04. The number of carbonyl (C=O) groups excluding carboxylic acids is 1. The van der Waals surface area contributed by atoms with Crippen molar-refractivity contribution < 1.29 is 9.53 Å². The van der Waals surface area contributed by atoms with Crippen LogP contribution < -0.4 is 0 Å². The van der Waals surface area contributed by atoms with Crippen molar-refractivity contribution >= 4 is 28.6 Å². The van der Waals surface area contributed by atoms with Crippen LogP contribution in [-0.2, 0) is 9.53 Å². The molecule has 0 spiro atoms. The van der Waals surface area contributed by atoms with E-state index in [-0.39, 0.29) is 11.9 Å². The molecule has 1 aromatic carbocycles. The molecule has 1 unspecified atom stereocenters. The number of halogens is 1. The first-order chi connectivity index (χ1) is 6.65. The minimum atomic E-state index is -0.155. The van der Waals surface area contributed by atoms with Gasteiger partial charge in [0.05, 0.1) is 13.5 Å². The van der Waals surface area contributed by atoms with E-state index >= 15 is 0 Å². The second-order valence-electron chi connectivity index (χ2n) is 3.20. The Morgan fingerprint density at radius 2 is 2.14 bits per heavy atom. The monoisotopic (exact) mass is 304 g/mol. The normalized spacial score (nSPS) is 12.2. The number of carbonyl (C=O) groups is 1. The lowest BCUT2D eigenvalue weighted by Gasteiger charge is -2.11. The third kappa shape index (κ3) is 2.97. The fourth-order valence-corrected chi connectivity index (χ4v) is 2.24. The van der Waals surface area contributed by atoms with Gasteiger partial charge in [0.1, 0.15) is 0 Å². The van der Waals surface area contributed by atoms with Crippen LogP contribution in [0, 0.1) is 3.57 Å². The van der Waals surface area contributed by atoms with E-state index < -0.39 is 0 Å². The van der Waals surface area contributed by atoms with Gasteiger partial charge in [0.2, 0.25) is 0 Å². The smallest absolute Gasteiger partial charge is 0.306 e. The first kappa shape index (κ1) is 11.5. The summed E-state index contributed by atoms with van der Waals surface area (Å²) in [5.41, 5.74) is 1.21. The standard InChI is InChI=1S/C11H13IO2/c1-8(7-11(13)14-2)9-5-3-4-6-10(9)12/h3-6,8H,7H2,1-2H3. The zero-order chi connectivity index (χ0) is 10.6. The first-order valence-corrected chi connectivity index (χ1v) is 5.54. The quantitative estimate of drug-likeness (QED) is 0.634. The molecule has 0 aromatic heterocycles. The summed E-state index contributed by atoms with van der Waals surface area (Å²) >= 11 is 2.28. The van der Waals surface area contributed by atoms with Gasteiger partial charge >= 0.3 is 5.97 Å². The van der Waals surface area contributed by atoms with E-state index in [0.717, 1.165) is 0 Å². The highest BCUT2D eigenvalue weighted by Gasteiger charge is 2.13. The van der Waals surface area contributed by atoms with Crippen molar-refractivity contribution in [2.75, 3.05) is 7.11 Å². The van der Waals surface area contributed by atoms with Gasteiger partial charge in [-0.2, -0.15) is 0 Å². The topological polar surface area (TPSA) is 26.3 Å². The summed E-state index contributed by atoms with van der Waals surface area (Å²) in [5.74, 6) is 0.0627. The minimum absolute atomic E-state index is 0.155. The lowest BCUT2D eigenvalue weighted by atomic mass is 9.98. The molecule has 0 bridgehead atoms. The fraction of sp³-hybridized carbons (Fsp3) is 0.364. The Kier molecular flexibility index (Phi) is 4.38. The molecule has 0 N–H and O–H groups in total. The Hall–Kier alpha value is -0.580. The summed E-state index contributed by atoms with van der Waals surface area (Å²) < 4.78 is 5.84. The van der Waals surface area contributed by atoms with Crippen molar-refractivity contribution in [1.82, 2.24) is 0 Å². The predicted octanol–water partition coefficient (Wildman–Crippen LogP) is 2.96. The number of esters is 1. The fourth-order valence-electron chi connectivity index (χ4n) is 1.32. The second-order valence-corrected chi connectivity index (χ2v) is 4.37. The molecule has 1 atom stereocenters. The average molecular weight is 304 g/mol. The van der Waals surface area contributed by atoms with Crippen molar-refractivity contribution in [3.63, 3.8) is 0 Å². The van der Waals surface area contributed by atoms with Crippen molar-refractivity contribution in [2.45, 2.75) is 19.3 Å². The molecule has 0 amide bonds. The van der Waals surface area contributed by atoms with E-state index in [2.05, 4.69) is 33.4 Å².